The molecule has 184 valence electrons. The second-order valence-electron chi connectivity index (χ2n) is 8.88. The maximum Gasteiger partial charge on any atom is 0.255 e. The molecule has 3 N–H and O–H groups in total. The van der Waals surface area contributed by atoms with Crippen LogP contribution in [0.25, 0.3) is 16.9 Å². The monoisotopic (exact) mass is 488 g/mol. The number of alkyl halides is 1. The maximum atomic E-state index is 14.2. The van der Waals surface area contributed by atoms with Gasteiger partial charge in [0.1, 0.15) is 12.2 Å². The van der Waals surface area contributed by atoms with Gasteiger partial charge in [-0.25, -0.2) is 13.9 Å². The molecule has 11 heteroatoms. The summed E-state index contributed by atoms with van der Waals surface area (Å²) in [6.07, 6.45) is 7.73. The van der Waals surface area contributed by atoms with E-state index < -0.39 is 17.7 Å². The molecule has 1 unspecified atom stereocenters. The van der Waals surface area contributed by atoms with E-state index in [0.717, 1.165) is 5.56 Å². The smallest absolute Gasteiger partial charge is 0.255 e. The number of aliphatic hydroxyl groups is 1. The Hall–Kier alpha value is -4.43. The van der Waals surface area contributed by atoms with Crippen LogP contribution in [0.4, 0.5) is 10.1 Å². The van der Waals surface area contributed by atoms with E-state index in [9.17, 15) is 14.3 Å². The summed E-state index contributed by atoms with van der Waals surface area (Å²) in [5.74, 6) is -0.543. The number of hydrogen-bond donors (Lipinski definition) is 3. The number of fused-ring (bicyclic) bond motifs is 1. The molecule has 0 aliphatic carbocycles. The van der Waals surface area contributed by atoms with Gasteiger partial charge in [-0.15, -0.1) is 0 Å². The minimum absolute atomic E-state index is 0.202. The summed E-state index contributed by atoms with van der Waals surface area (Å²) in [6, 6.07) is 7.23. The van der Waals surface area contributed by atoms with Crippen molar-refractivity contribution in [3.8, 4) is 17.3 Å². The van der Waals surface area contributed by atoms with Crippen LogP contribution in [0.1, 0.15) is 48.3 Å². The standard InChI is InChI=1S/C25H25FN8O2/c1-15(17-5-4-6-28-10-17)33-21-7-20(18-12-32-34-14-16(8-27)9-30-23(18)34)29-11-19(21)24(35)31-13-22(26)25(2,3)36/h4-7,9-12,14-15,22,36H,13H2,1-3H3,(H,29,33)(H,31,35)/t15?,22-/m1/s1. The molecular weight excluding hydrogens is 463 g/mol. The second-order valence-corrected chi connectivity index (χ2v) is 8.88. The van der Waals surface area contributed by atoms with E-state index >= 15 is 0 Å². The average Bonchev–Trinajstić information content (AvgIpc) is 3.30. The Morgan fingerprint density at radius 3 is 2.78 bits per heavy atom. The first-order chi connectivity index (χ1) is 17.2. The summed E-state index contributed by atoms with van der Waals surface area (Å²) < 4.78 is 15.7. The lowest BCUT2D eigenvalue weighted by Crippen LogP contribution is -2.42. The number of pyridine rings is 2. The molecule has 0 saturated heterocycles. The zero-order valence-corrected chi connectivity index (χ0v) is 20.0. The molecule has 36 heavy (non-hydrogen) atoms. The number of carbonyl (C=O) groups excluding carboxylic acids is 1. The summed E-state index contributed by atoms with van der Waals surface area (Å²) >= 11 is 0. The van der Waals surface area contributed by atoms with Gasteiger partial charge in [-0.3, -0.25) is 14.8 Å². The van der Waals surface area contributed by atoms with Gasteiger partial charge in [0.05, 0.1) is 58.7 Å². The molecular formula is C25H25FN8O2. The highest BCUT2D eigenvalue weighted by Crippen LogP contribution is 2.29. The van der Waals surface area contributed by atoms with Crippen molar-refractivity contribution >= 4 is 17.2 Å². The summed E-state index contributed by atoms with van der Waals surface area (Å²) in [5.41, 5.74) is 1.93. The number of nitrogens with one attached hydrogen (secondary N) is 2. The Labute approximate surface area is 206 Å². The quantitative estimate of drug-likeness (QED) is 0.344. The first kappa shape index (κ1) is 24.7. The van der Waals surface area contributed by atoms with E-state index in [4.69, 9.17) is 5.26 Å². The topological polar surface area (TPSA) is 141 Å². The fourth-order valence-electron chi connectivity index (χ4n) is 3.49. The van der Waals surface area contributed by atoms with Crippen LogP contribution in [0.2, 0.25) is 0 Å². The van der Waals surface area contributed by atoms with E-state index in [2.05, 4.69) is 30.7 Å². The summed E-state index contributed by atoms with van der Waals surface area (Å²) in [4.78, 5) is 25.9. The van der Waals surface area contributed by atoms with Gasteiger partial charge in [0.25, 0.3) is 5.91 Å². The number of hydrogen-bond acceptors (Lipinski definition) is 8. The van der Waals surface area contributed by atoms with Crippen molar-refractivity contribution < 1.29 is 14.3 Å². The molecule has 0 aliphatic rings. The molecule has 4 aromatic rings. The molecule has 1 amide bonds. The number of amides is 1. The molecule has 0 aliphatic heterocycles. The Bertz CT molecular complexity index is 1430. The van der Waals surface area contributed by atoms with Crippen molar-refractivity contribution in [2.45, 2.75) is 38.6 Å². The molecule has 0 fully saturated rings. The van der Waals surface area contributed by atoms with Crippen LogP contribution in [0.3, 0.4) is 0 Å². The maximum absolute atomic E-state index is 14.2. The zero-order chi connectivity index (χ0) is 25.9. The lowest BCUT2D eigenvalue weighted by molar-refractivity contribution is -0.00177. The Balaban J connectivity index is 1.70. The van der Waals surface area contributed by atoms with Crippen LogP contribution in [0.5, 0.6) is 0 Å². The van der Waals surface area contributed by atoms with Gasteiger partial charge in [-0.2, -0.15) is 10.4 Å². The van der Waals surface area contributed by atoms with Gasteiger partial charge in [0.2, 0.25) is 0 Å². The summed E-state index contributed by atoms with van der Waals surface area (Å²) in [6.45, 7) is 4.24. The number of carbonyl (C=O) groups is 1. The Kier molecular flexibility index (Phi) is 6.89. The van der Waals surface area contributed by atoms with Gasteiger partial charge in [0.15, 0.2) is 5.65 Å². The second kappa shape index (κ2) is 10.1. The van der Waals surface area contributed by atoms with E-state index in [1.165, 1.54) is 30.8 Å². The largest absolute Gasteiger partial charge is 0.387 e. The first-order valence-electron chi connectivity index (χ1n) is 11.2. The third-order valence-corrected chi connectivity index (χ3v) is 5.67. The van der Waals surface area contributed by atoms with Crippen LogP contribution in [-0.4, -0.2) is 53.9 Å². The van der Waals surface area contributed by atoms with Crippen LogP contribution < -0.4 is 10.6 Å². The highest BCUT2D eigenvalue weighted by molar-refractivity contribution is 6.00. The summed E-state index contributed by atoms with van der Waals surface area (Å²) in [5, 5.41) is 29.1. The van der Waals surface area contributed by atoms with Crippen LogP contribution >= 0.6 is 0 Å². The number of rotatable bonds is 8. The molecule has 4 rings (SSSR count). The highest BCUT2D eigenvalue weighted by Gasteiger charge is 2.27. The van der Waals surface area contributed by atoms with Crippen molar-refractivity contribution in [3.63, 3.8) is 0 Å². The van der Waals surface area contributed by atoms with Crippen LogP contribution in [-0.2, 0) is 0 Å². The molecule has 0 spiro atoms. The minimum atomic E-state index is -1.65. The van der Waals surface area contributed by atoms with Crippen LogP contribution in [0, 0.1) is 11.3 Å². The van der Waals surface area contributed by atoms with Crippen molar-refractivity contribution in [3.05, 3.63) is 72.1 Å². The van der Waals surface area contributed by atoms with E-state index in [-0.39, 0.29) is 18.2 Å². The first-order valence-corrected chi connectivity index (χ1v) is 11.2. The van der Waals surface area contributed by atoms with E-state index in [0.29, 0.717) is 28.2 Å². The van der Waals surface area contributed by atoms with Gasteiger partial charge < -0.3 is 15.7 Å². The third-order valence-electron chi connectivity index (χ3n) is 5.67. The Morgan fingerprint density at radius 1 is 1.28 bits per heavy atom. The molecule has 0 radical (unpaired) electrons. The zero-order valence-electron chi connectivity index (χ0n) is 20.0. The third kappa shape index (κ3) is 5.29. The van der Waals surface area contributed by atoms with Gasteiger partial charge in [-0.05, 0) is 38.5 Å². The van der Waals surface area contributed by atoms with Gasteiger partial charge in [-0.1, -0.05) is 6.07 Å². The molecule has 4 heterocycles. The number of halogens is 1. The fraction of sp³-hybridized carbons (Fsp3) is 0.280. The molecule has 2 atom stereocenters. The predicted octanol–water partition coefficient (Wildman–Crippen LogP) is 3.07. The van der Waals surface area contributed by atoms with Gasteiger partial charge >= 0.3 is 0 Å². The number of anilines is 1. The molecule has 0 aromatic carbocycles. The number of nitriles is 1. The highest BCUT2D eigenvalue weighted by atomic mass is 19.1. The van der Waals surface area contributed by atoms with Crippen molar-refractivity contribution in [1.29, 1.82) is 5.26 Å². The molecule has 0 bridgehead atoms. The predicted molar refractivity (Wildman–Crippen MR) is 131 cm³/mol. The lowest BCUT2D eigenvalue weighted by atomic mass is 10.0. The number of nitrogens with zero attached hydrogens (tertiary/aromatic N) is 6. The van der Waals surface area contributed by atoms with Crippen molar-refractivity contribution in [1.82, 2.24) is 29.9 Å². The molecule has 0 saturated carbocycles. The van der Waals surface area contributed by atoms with Crippen molar-refractivity contribution in [2.75, 3.05) is 11.9 Å². The SMILES string of the molecule is CC(Nc1cc(-c2cnn3cc(C#N)cnc23)ncc1C(=O)NC[C@@H](F)C(C)(C)O)c1cccnc1. The fourth-order valence-corrected chi connectivity index (χ4v) is 3.49. The Morgan fingerprint density at radius 2 is 2.08 bits per heavy atom. The van der Waals surface area contributed by atoms with E-state index in [1.54, 1.807) is 30.9 Å². The lowest BCUT2D eigenvalue weighted by Gasteiger charge is -2.23. The van der Waals surface area contributed by atoms with Gasteiger partial charge in [0, 0.05) is 24.8 Å². The van der Waals surface area contributed by atoms with Crippen molar-refractivity contribution in [2.24, 2.45) is 0 Å². The van der Waals surface area contributed by atoms with E-state index in [1.807, 2.05) is 25.1 Å². The molecule has 10 nitrogen and oxygen atoms in total. The number of aromatic nitrogens is 5. The normalized spacial score (nSPS) is 13.1. The molecule has 4 aromatic heterocycles. The summed E-state index contributed by atoms with van der Waals surface area (Å²) in [7, 11) is 0. The average molecular weight is 489 g/mol. The van der Waals surface area contributed by atoms with Crippen LogP contribution in [0.15, 0.2) is 55.4 Å². The minimum Gasteiger partial charge on any atom is -0.387 e.